The van der Waals surface area contributed by atoms with Gasteiger partial charge in [0.15, 0.2) is 5.71 Å². The topological polar surface area (TPSA) is 136 Å². The molecule has 0 aliphatic carbocycles. The Morgan fingerprint density at radius 2 is 1.22 bits per heavy atom. The molecule has 0 saturated carbocycles. The largest absolute Gasteiger partial charge is 0.550 e. The van der Waals surface area contributed by atoms with Gasteiger partial charge in [0.2, 0.25) is 5.69 Å². The van der Waals surface area contributed by atoms with Gasteiger partial charge in [-0.15, -0.1) is 0 Å². The fourth-order valence-electron chi connectivity index (χ4n) is 5.37. The maximum absolute atomic E-state index is 10.8. The van der Waals surface area contributed by atoms with E-state index in [1.165, 1.54) is 41.9 Å². The number of hydrogen-bond donors (Lipinski definition) is 0. The summed E-state index contributed by atoms with van der Waals surface area (Å²) >= 11 is 0. The van der Waals surface area contributed by atoms with Gasteiger partial charge in [0.25, 0.3) is 0 Å². The summed E-state index contributed by atoms with van der Waals surface area (Å²) in [6.45, 7) is 15.8. The van der Waals surface area contributed by atoms with Gasteiger partial charge in [-0.25, -0.2) is 0 Å². The molecule has 0 fully saturated rings. The number of anilines is 1. The van der Waals surface area contributed by atoms with Crippen LogP contribution in [0.1, 0.15) is 51.3 Å². The molecule has 0 bridgehead atoms. The number of allylic oxidation sites excluding steroid dienone is 1. The van der Waals surface area contributed by atoms with Crippen LogP contribution in [0.25, 0.3) is 6.08 Å². The zero-order chi connectivity index (χ0) is 36.9. The van der Waals surface area contributed by atoms with E-state index in [2.05, 4.69) is 91.9 Å². The first-order chi connectivity index (χ1) is 23.8. The fourth-order valence-corrected chi connectivity index (χ4v) is 5.37. The van der Waals surface area contributed by atoms with E-state index in [-0.39, 0.29) is 30.6 Å². The fraction of sp³-hybridized carbons (Fsp3) is 0.526. The summed E-state index contributed by atoms with van der Waals surface area (Å²) in [6, 6.07) is 15.1. The average Bonchev–Trinajstić information content (AvgIpc) is 3.24. The number of rotatable bonds is 21. The molecule has 12 heteroatoms. The van der Waals surface area contributed by atoms with Crippen LogP contribution in [0.5, 0.6) is 0 Å². The van der Waals surface area contributed by atoms with Crippen LogP contribution in [0.2, 0.25) is 0 Å². The Labute approximate surface area is 296 Å². The van der Waals surface area contributed by atoms with Crippen molar-refractivity contribution in [2.45, 2.75) is 47.0 Å². The van der Waals surface area contributed by atoms with E-state index in [0.29, 0.717) is 65.9 Å². The third kappa shape index (κ3) is 15.2. The van der Waals surface area contributed by atoms with E-state index in [1.54, 1.807) is 0 Å². The van der Waals surface area contributed by atoms with Crippen molar-refractivity contribution in [3.63, 3.8) is 0 Å². The smallest absolute Gasteiger partial charge is 0.302 e. The van der Waals surface area contributed by atoms with E-state index >= 15 is 0 Å². The van der Waals surface area contributed by atoms with Gasteiger partial charge in [-0.3, -0.25) is 9.59 Å². The summed E-state index contributed by atoms with van der Waals surface area (Å²) in [5, 5.41) is 8.89. The van der Waals surface area contributed by atoms with Crippen LogP contribution in [0.4, 0.5) is 11.4 Å². The number of carbonyl (C=O) groups is 3. The molecule has 0 radical (unpaired) electrons. The number of aliphatic carboxylic acids is 1. The molecular weight excluding hydrogens is 644 g/mol. The van der Waals surface area contributed by atoms with E-state index in [4.69, 9.17) is 38.3 Å². The minimum Gasteiger partial charge on any atom is -0.550 e. The van der Waals surface area contributed by atoms with E-state index in [9.17, 15) is 9.59 Å². The number of carbonyl (C=O) groups excluding carboxylic acids is 3. The maximum atomic E-state index is 10.8. The molecule has 3 rings (SSSR count). The number of fused-ring (bicyclic) bond motifs is 1. The highest BCUT2D eigenvalue weighted by molar-refractivity contribution is 6.05. The summed E-state index contributed by atoms with van der Waals surface area (Å²) in [6.07, 6.45) is 4.45. The first-order valence-corrected chi connectivity index (χ1v) is 16.8. The molecule has 12 nitrogen and oxygen atoms in total. The summed E-state index contributed by atoms with van der Waals surface area (Å²) in [5.74, 6) is -1.71. The normalized spacial score (nSPS) is 13.1. The Hall–Kier alpha value is -4.10. The van der Waals surface area contributed by atoms with Gasteiger partial charge in [-0.05, 0) is 57.0 Å². The summed E-state index contributed by atoms with van der Waals surface area (Å²) in [7, 11) is 2.13. The number of hydrogen-bond acceptors (Lipinski definition) is 11. The highest BCUT2D eigenvalue weighted by Gasteiger charge is 2.42. The Kier molecular flexibility index (Phi) is 19.0. The monoisotopic (exact) mass is 698 g/mol. The van der Waals surface area contributed by atoms with Crippen LogP contribution in [-0.2, 0) is 48.2 Å². The van der Waals surface area contributed by atoms with Crippen LogP contribution >= 0.6 is 0 Å². The first-order valence-electron chi connectivity index (χ1n) is 16.8. The van der Waals surface area contributed by atoms with Crippen molar-refractivity contribution in [3.8, 4) is 0 Å². The zero-order valence-corrected chi connectivity index (χ0v) is 30.7. The summed E-state index contributed by atoms with van der Waals surface area (Å²) in [5.41, 5.74) is 7.22. The van der Waals surface area contributed by atoms with Gasteiger partial charge in [0, 0.05) is 56.3 Å². The van der Waals surface area contributed by atoms with Gasteiger partial charge in [-0.2, -0.15) is 4.58 Å². The molecule has 0 unspecified atom stereocenters. The van der Waals surface area contributed by atoms with Crippen LogP contribution in [0, 0.1) is 6.92 Å². The van der Waals surface area contributed by atoms with Gasteiger partial charge in [0.1, 0.15) is 20.3 Å². The van der Waals surface area contributed by atoms with Crippen molar-refractivity contribution >= 4 is 41.1 Å². The predicted octanol–water partition coefficient (Wildman–Crippen LogP) is 3.47. The van der Waals surface area contributed by atoms with Crippen molar-refractivity contribution < 1.29 is 52.5 Å². The first kappa shape index (κ1) is 42.1. The van der Waals surface area contributed by atoms with Gasteiger partial charge >= 0.3 is 11.9 Å². The lowest BCUT2D eigenvalue weighted by molar-refractivity contribution is -0.401. The van der Waals surface area contributed by atoms with Crippen LogP contribution < -0.4 is 10.0 Å². The predicted molar refractivity (Wildman–Crippen MR) is 190 cm³/mol. The lowest BCUT2D eigenvalue weighted by Crippen LogP contribution is -2.31. The Bertz CT molecular complexity index is 1400. The molecular formula is C38H54N2O10. The number of ether oxygens (including phenoxy) is 6. The Morgan fingerprint density at radius 1 is 0.740 bits per heavy atom. The molecule has 1 heterocycles. The van der Waals surface area contributed by atoms with Crippen molar-refractivity contribution in [1.29, 1.82) is 0 Å². The number of carboxylic acids is 1. The average molecular weight is 699 g/mol. The third-order valence-electron chi connectivity index (χ3n) is 7.80. The number of carboxylic acid groups (broad SMARTS) is 1. The maximum Gasteiger partial charge on any atom is 0.302 e. The summed E-state index contributed by atoms with van der Waals surface area (Å²) in [4.78, 5) is 32.8. The molecule has 276 valence electrons. The van der Waals surface area contributed by atoms with Crippen molar-refractivity contribution in [2.24, 2.45) is 0 Å². The van der Waals surface area contributed by atoms with Crippen LogP contribution in [0.15, 0.2) is 48.5 Å². The molecule has 0 atom stereocenters. The van der Waals surface area contributed by atoms with Gasteiger partial charge in [0.05, 0.1) is 58.3 Å². The van der Waals surface area contributed by atoms with Crippen molar-refractivity contribution in [3.05, 3.63) is 65.2 Å². The Balaban J connectivity index is 0.00000205. The molecule has 0 spiro atoms. The van der Waals surface area contributed by atoms with Crippen molar-refractivity contribution in [2.75, 3.05) is 91.1 Å². The van der Waals surface area contributed by atoms with E-state index in [0.717, 1.165) is 12.6 Å². The summed E-state index contributed by atoms with van der Waals surface area (Å²) < 4.78 is 34.6. The minimum atomic E-state index is -1.08. The Morgan fingerprint density at radius 3 is 1.70 bits per heavy atom. The lowest BCUT2D eigenvalue weighted by atomic mass is 9.81. The number of esters is 2. The molecule has 0 saturated heterocycles. The van der Waals surface area contributed by atoms with E-state index < -0.39 is 5.97 Å². The number of nitrogens with zero attached hydrogens (tertiary/aromatic N) is 2. The standard InChI is InChI=1S/C36H51N2O8.C2H4O2/c1-28-27-32(13-11-31(28)12-14-35-36(4,5)33-9-7-8-10-34(33)37(35)6)38(15-17-41-19-21-43-23-25-45-29(2)39)16-18-42-20-22-44-24-26-46-30(3)40;1-2(3)4/h7-14,27H,15-26H2,1-6H3;1H3,(H,3,4)/q+1;/p-1. The van der Waals surface area contributed by atoms with Crippen molar-refractivity contribution in [1.82, 2.24) is 0 Å². The van der Waals surface area contributed by atoms with E-state index in [1.807, 2.05) is 0 Å². The SMILES string of the molecule is CC(=O)OCCOCCOCCN(CCOCCOCCOC(C)=O)c1ccc(/C=C/C2=[N+](C)c3ccccc3C2(C)C)c(C)c1.CC(=O)[O-]. The van der Waals surface area contributed by atoms with Gasteiger partial charge in [-0.1, -0.05) is 24.3 Å². The van der Waals surface area contributed by atoms with Gasteiger partial charge < -0.3 is 43.2 Å². The second kappa shape index (κ2) is 22.6. The molecule has 50 heavy (non-hydrogen) atoms. The second-order valence-corrected chi connectivity index (χ2v) is 12.1. The van der Waals surface area contributed by atoms with Crippen LogP contribution in [0.3, 0.4) is 0 Å². The quantitative estimate of drug-likeness (QED) is 0.108. The zero-order valence-electron chi connectivity index (χ0n) is 30.7. The van der Waals surface area contributed by atoms with Crippen LogP contribution in [-0.4, -0.2) is 114 Å². The molecule has 0 aromatic heterocycles. The highest BCUT2D eigenvalue weighted by atomic mass is 16.6. The molecule has 1 aliphatic heterocycles. The highest BCUT2D eigenvalue weighted by Crippen LogP contribution is 2.39. The minimum absolute atomic E-state index is 0.0762. The molecule has 1 aliphatic rings. The molecule has 0 N–H and O–H groups in total. The lowest BCUT2D eigenvalue weighted by Gasteiger charge is -2.25. The molecule has 0 amide bonds. The second-order valence-electron chi connectivity index (χ2n) is 12.1. The molecule has 2 aromatic carbocycles. The number of para-hydroxylation sites is 1. The molecule has 2 aromatic rings. The number of benzene rings is 2. The third-order valence-corrected chi connectivity index (χ3v) is 7.80. The number of aryl methyl sites for hydroxylation is 1.